The summed E-state index contributed by atoms with van der Waals surface area (Å²) in [5.41, 5.74) is 11.0. The number of aryl methyl sites for hydroxylation is 1. The number of aromatic nitrogens is 4. The third-order valence-electron chi connectivity index (χ3n) is 7.92. The van der Waals surface area contributed by atoms with E-state index in [1.807, 2.05) is 37.3 Å². The maximum atomic E-state index is 11.4. The zero-order chi connectivity index (χ0) is 26.3. The van der Waals surface area contributed by atoms with E-state index in [0.717, 1.165) is 71.8 Å². The SMILES string of the molecule is Cc1n[nH]c2cc(-c3ccc(OCc4cc(N5CCC6(CC5)CNC(C(=O)O)C6)nc(N)n4)cc3)ccc12. The molecular formula is C28H31N7O3. The number of rotatable bonds is 6. The van der Waals surface area contributed by atoms with Crippen LogP contribution < -0.4 is 20.7 Å². The van der Waals surface area contributed by atoms with Crippen LogP contribution in [0.4, 0.5) is 11.8 Å². The largest absolute Gasteiger partial charge is 0.487 e. The maximum Gasteiger partial charge on any atom is 0.320 e. The molecule has 0 radical (unpaired) electrons. The van der Waals surface area contributed by atoms with Crippen molar-refractivity contribution < 1.29 is 14.6 Å². The Morgan fingerprint density at radius 3 is 2.63 bits per heavy atom. The van der Waals surface area contributed by atoms with Crippen molar-refractivity contribution in [1.82, 2.24) is 25.5 Å². The van der Waals surface area contributed by atoms with E-state index in [0.29, 0.717) is 12.1 Å². The summed E-state index contributed by atoms with van der Waals surface area (Å²) in [7, 11) is 0. The summed E-state index contributed by atoms with van der Waals surface area (Å²) < 4.78 is 6.02. The number of nitrogens with two attached hydrogens (primary N) is 1. The molecule has 6 rings (SSSR count). The number of aliphatic carboxylic acids is 1. The molecule has 0 bridgehead atoms. The minimum absolute atomic E-state index is 0.0409. The van der Waals surface area contributed by atoms with Gasteiger partial charge in [-0.15, -0.1) is 0 Å². The Hall–Kier alpha value is -4.18. The number of hydrogen-bond donors (Lipinski definition) is 4. The second-order valence-electron chi connectivity index (χ2n) is 10.4. The fraction of sp³-hybridized carbons (Fsp3) is 0.357. The topological polar surface area (TPSA) is 142 Å². The van der Waals surface area contributed by atoms with E-state index in [1.54, 1.807) is 0 Å². The molecule has 2 aromatic carbocycles. The van der Waals surface area contributed by atoms with E-state index >= 15 is 0 Å². The van der Waals surface area contributed by atoms with E-state index in [1.165, 1.54) is 0 Å². The van der Waals surface area contributed by atoms with Crippen molar-refractivity contribution in [2.45, 2.75) is 38.8 Å². The number of aromatic amines is 1. The van der Waals surface area contributed by atoms with Crippen LogP contribution in [0.5, 0.6) is 5.75 Å². The summed E-state index contributed by atoms with van der Waals surface area (Å²) in [6, 6.07) is 15.8. The van der Waals surface area contributed by atoms with Crippen LogP contribution >= 0.6 is 0 Å². The number of carboxylic acids is 1. The molecule has 38 heavy (non-hydrogen) atoms. The zero-order valence-electron chi connectivity index (χ0n) is 21.3. The van der Waals surface area contributed by atoms with Gasteiger partial charge in [-0.05, 0) is 60.9 Å². The normalized spacial score (nSPS) is 18.8. The highest BCUT2D eigenvalue weighted by molar-refractivity contribution is 5.86. The third-order valence-corrected chi connectivity index (χ3v) is 7.92. The third kappa shape index (κ3) is 4.74. The molecular weight excluding hydrogens is 482 g/mol. The number of benzene rings is 2. The summed E-state index contributed by atoms with van der Waals surface area (Å²) in [5.74, 6) is 0.978. The number of ether oxygens (including phenoxy) is 1. The predicted molar refractivity (Wildman–Crippen MR) is 145 cm³/mol. The number of carboxylic acid groups (broad SMARTS) is 1. The molecule has 2 aromatic heterocycles. The van der Waals surface area contributed by atoms with Crippen LogP contribution in [0.1, 0.15) is 30.7 Å². The van der Waals surface area contributed by atoms with Gasteiger partial charge >= 0.3 is 5.97 Å². The molecule has 1 spiro atoms. The van der Waals surface area contributed by atoms with Gasteiger partial charge in [0, 0.05) is 31.1 Å². The first-order valence-corrected chi connectivity index (χ1v) is 12.9. The summed E-state index contributed by atoms with van der Waals surface area (Å²) in [6.07, 6.45) is 2.51. The minimum atomic E-state index is -0.766. The molecule has 1 unspecified atom stereocenters. The van der Waals surface area contributed by atoms with Crippen molar-refractivity contribution in [2.24, 2.45) is 5.41 Å². The second-order valence-corrected chi connectivity index (χ2v) is 10.4. The number of piperidine rings is 1. The Labute approximate surface area is 220 Å². The van der Waals surface area contributed by atoms with Gasteiger partial charge in [0.15, 0.2) is 0 Å². The van der Waals surface area contributed by atoms with Gasteiger partial charge in [-0.1, -0.05) is 24.3 Å². The number of carbonyl (C=O) groups is 1. The quantitative estimate of drug-likeness (QED) is 0.304. The van der Waals surface area contributed by atoms with Crippen LogP contribution in [0.2, 0.25) is 0 Å². The Kier molecular flexibility index (Phi) is 6.11. The Morgan fingerprint density at radius 1 is 1.13 bits per heavy atom. The van der Waals surface area contributed by atoms with Crippen molar-refractivity contribution in [3.8, 4) is 16.9 Å². The molecule has 4 aromatic rings. The van der Waals surface area contributed by atoms with Crippen molar-refractivity contribution in [1.29, 1.82) is 0 Å². The fourth-order valence-corrected chi connectivity index (χ4v) is 5.66. The Morgan fingerprint density at radius 2 is 1.89 bits per heavy atom. The minimum Gasteiger partial charge on any atom is -0.487 e. The lowest BCUT2D eigenvalue weighted by atomic mass is 9.76. The highest BCUT2D eigenvalue weighted by atomic mass is 16.5. The highest BCUT2D eigenvalue weighted by Crippen LogP contribution is 2.40. The van der Waals surface area contributed by atoms with E-state index < -0.39 is 12.0 Å². The van der Waals surface area contributed by atoms with Crippen LogP contribution in [-0.2, 0) is 11.4 Å². The molecule has 5 N–H and O–H groups in total. The fourth-order valence-electron chi connectivity index (χ4n) is 5.66. The van der Waals surface area contributed by atoms with E-state index in [4.69, 9.17) is 10.5 Å². The molecule has 196 valence electrons. The Bertz CT molecular complexity index is 1480. The van der Waals surface area contributed by atoms with Crippen molar-refractivity contribution in [2.75, 3.05) is 30.3 Å². The summed E-state index contributed by atoms with van der Waals surface area (Å²) in [4.78, 5) is 22.4. The van der Waals surface area contributed by atoms with Crippen molar-refractivity contribution >= 4 is 28.6 Å². The molecule has 2 saturated heterocycles. The highest BCUT2D eigenvalue weighted by Gasteiger charge is 2.43. The smallest absolute Gasteiger partial charge is 0.320 e. The molecule has 10 heteroatoms. The lowest BCUT2D eigenvalue weighted by Crippen LogP contribution is -2.41. The van der Waals surface area contributed by atoms with Gasteiger partial charge in [0.05, 0.1) is 16.9 Å². The van der Waals surface area contributed by atoms with Gasteiger partial charge in [0.2, 0.25) is 5.95 Å². The Balaban J connectivity index is 1.09. The van der Waals surface area contributed by atoms with Crippen LogP contribution in [0.3, 0.4) is 0 Å². The average molecular weight is 514 g/mol. The zero-order valence-corrected chi connectivity index (χ0v) is 21.3. The number of H-pyrrole nitrogens is 1. The van der Waals surface area contributed by atoms with E-state index in [2.05, 4.69) is 48.6 Å². The predicted octanol–water partition coefficient (Wildman–Crippen LogP) is 3.52. The van der Waals surface area contributed by atoms with Gasteiger partial charge in [-0.25, -0.2) is 4.98 Å². The van der Waals surface area contributed by atoms with Crippen LogP contribution in [0.15, 0.2) is 48.5 Å². The van der Waals surface area contributed by atoms with Gasteiger partial charge < -0.3 is 25.8 Å². The molecule has 0 aliphatic carbocycles. The molecule has 1 atom stereocenters. The van der Waals surface area contributed by atoms with Crippen LogP contribution in [0, 0.1) is 12.3 Å². The number of fused-ring (bicyclic) bond motifs is 1. The van der Waals surface area contributed by atoms with E-state index in [-0.39, 0.29) is 18.0 Å². The first kappa shape index (κ1) is 24.2. The summed E-state index contributed by atoms with van der Waals surface area (Å²) in [5, 5.41) is 21.0. The van der Waals surface area contributed by atoms with Gasteiger partial charge in [-0.3, -0.25) is 9.89 Å². The summed E-state index contributed by atoms with van der Waals surface area (Å²) >= 11 is 0. The molecule has 2 aliphatic rings. The van der Waals surface area contributed by atoms with Crippen LogP contribution in [0.25, 0.3) is 22.0 Å². The van der Waals surface area contributed by atoms with Gasteiger partial charge in [0.25, 0.3) is 0 Å². The monoisotopic (exact) mass is 513 g/mol. The van der Waals surface area contributed by atoms with Crippen LogP contribution in [-0.4, -0.2) is 56.9 Å². The standard InChI is InChI=1S/C28H31N7O3/c1-17-22-7-4-19(12-23(22)34-33-17)18-2-5-21(6-3-18)38-15-20-13-25(32-27(29)31-20)35-10-8-28(9-11-35)14-24(26(36)37)30-16-28/h2-7,12-13,24,30H,8-11,14-16H2,1H3,(H,33,34)(H,36,37)(H2,29,31,32). The molecule has 10 nitrogen and oxygen atoms in total. The molecule has 4 heterocycles. The summed E-state index contributed by atoms with van der Waals surface area (Å²) in [6.45, 7) is 4.62. The second kappa shape index (κ2) is 9.60. The lowest BCUT2D eigenvalue weighted by Gasteiger charge is -2.39. The number of nitrogen functional groups attached to an aromatic ring is 1. The maximum absolute atomic E-state index is 11.4. The average Bonchev–Trinajstić information content (AvgIpc) is 3.51. The molecule has 0 saturated carbocycles. The van der Waals surface area contributed by atoms with Crippen molar-refractivity contribution in [3.63, 3.8) is 0 Å². The molecule has 2 fully saturated rings. The first-order valence-electron chi connectivity index (χ1n) is 12.9. The molecule has 2 aliphatic heterocycles. The van der Waals surface area contributed by atoms with Gasteiger partial charge in [0.1, 0.15) is 24.2 Å². The van der Waals surface area contributed by atoms with E-state index in [9.17, 15) is 9.90 Å². The lowest BCUT2D eigenvalue weighted by molar-refractivity contribution is -0.139. The van der Waals surface area contributed by atoms with Crippen molar-refractivity contribution in [3.05, 3.63) is 59.9 Å². The number of nitrogens with zero attached hydrogens (tertiary/aromatic N) is 4. The number of hydrogen-bond acceptors (Lipinski definition) is 8. The number of anilines is 2. The number of nitrogens with one attached hydrogen (secondary N) is 2. The molecule has 0 amide bonds. The van der Waals surface area contributed by atoms with Gasteiger partial charge in [-0.2, -0.15) is 10.1 Å². The first-order chi connectivity index (χ1) is 18.4.